The molecule has 0 aliphatic rings. The molecule has 0 aliphatic heterocycles. The van der Waals surface area contributed by atoms with Gasteiger partial charge in [-0.2, -0.15) is 12.6 Å². The van der Waals surface area contributed by atoms with Gasteiger partial charge in [0.1, 0.15) is 0 Å². The van der Waals surface area contributed by atoms with Crippen molar-refractivity contribution in [2.75, 3.05) is 5.73 Å². The maximum Gasteiger partial charge on any atom is 0.330 e. The Hall–Kier alpha value is -0.775. The molecule has 6 heteroatoms. The van der Waals surface area contributed by atoms with Crippen LogP contribution in [0.3, 0.4) is 0 Å². The Labute approximate surface area is 132 Å². The van der Waals surface area contributed by atoms with Gasteiger partial charge in [-0.25, -0.2) is 0 Å². The summed E-state index contributed by atoms with van der Waals surface area (Å²) in [5.41, 5.74) is 13.2. The van der Waals surface area contributed by atoms with Crippen LogP contribution in [0.1, 0.15) is 33.3 Å². The summed E-state index contributed by atoms with van der Waals surface area (Å²) in [6, 6.07) is 5.55. The molecule has 0 saturated heterocycles. The minimum atomic E-state index is -0.413. The number of nitrogen functional groups attached to an aromatic ring is 1. The van der Waals surface area contributed by atoms with Crippen molar-refractivity contribution in [2.45, 2.75) is 38.0 Å². The fourth-order valence-electron chi connectivity index (χ4n) is 1.31. The lowest BCUT2D eigenvalue weighted by atomic mass is 9.83. The van der Waals surface area contributed by atoms with E-state index >= 15 is 0 Å². The number of halogens is 1. The van der Waals surface area contributed by atoms with E-state index in [-0.39, 0.29) is 9.90 Å². The minimum Gasteiger partial charge on any atom is -0.428 e. The predicted octanol–water partition coefficient (Wildman–Crippen LogP) is 2.51. The first kappa shape index (κ1) is 17.3. The molecule has 0 unspecified atom stereocenters. The second kappa shape index (κ2) is 6.33. The van der Waals surface area contributed by atoms with E-state index in [1.165, 1.54) is 0 Å². The first-order valence-corrected chi connectivity index (χ1v) is 7.11. The Morgan fingerprint density at radius 2 is 1.95 bits per heavy atom. The predicted molar refractivity (Wildman–Crippen MR) is 92.5 cm³/mol. The number of anilines is 1. The average Bonchev–Trinajstić information content (AvgIpc) is 2.28. The van der Waals surface area contributed by atoms with Gasteiger partial charge in [0.2, 0.25) is 0 Å². The minimum absolute atomic E-state index is 0.197. The van der Waals surface area contributed by atoms with E-state index in [1.807, 2.05) is 45.9 Å². The van der Waals surface area contributed by atoms with E-state index in [0.29, 0.717) is 5.69 Å². The largest absolute Gasteiger partial charge is 0.428 e. The Bertz CT molecular complexity index is 508. The molecule has 1 radical (unpaired) electrons. The number of hydrogen-bond acceptors (Lipinski definition) is 4. The third kappa shape index (κ3) is 4.65. The molecule has 0 amide bonds. The zero-order valence-electron chi connectivity index (χ0n) is 12.3. The van der Waals surface area contributed by atoms with Gasteiger partial charge in [0.15, 0.2) is 0 Å². The number of rotatable bonds is 5. The van der Waals surface area contributed by atoms with Gasteiger partial charge < -0.3 is 16.1 Å². The van der Waals surface area contributed by atoms with Crippen LogP contribution in [0.2, 0.25) is 0 Å². The molecule has 109 valence electrons. The van der Waals surface area contributed by atoms with Crippen LogP contribution in [-0.2, 0) is 4.65 Å². The summed E-state index contributed by atoms with van der Waals surface area (Å²) in [6.45, 7) is 8.00. The van der Waals surface area contributed by atoms with E-state index < -0.39 is 5.60 Å². The third-order valence-electron chi connectivity index (χ3n) is 3.37. The van der Waals surface area contributed by atoms with Crippen LogP contribution >= 0.6 is 24.2 Å². The smallest absolute Gasteiger partial charge is 0.330 e. The normalized spacial score (nSPS) is 13.4. The van der Waals surface area contributed by atoms with Crippen molar-refractivity contribution in [1.82, 2.24) is 0 Å². The number of hydrogen-bond donors (Lipinski definition) is 3. The average molecular weight is 312 g/mol. The van der Waals surface area contributed by atoms with Crippen molar-refractivity contribution in [1.29, 1.82) is 0 Å². The topological polar surface area (TPSA) is 61.3 Å². The zero-order chi connectivity index (χ0) is 15.6. The first-order chi connectivity index (χ1) is 9.03. The van der Waals surface area contributed by atoms with Crippen molar-refractivity contribution in [2.24, 2.45) is 5.73 Å². The van der Waals surface area contributed by atoms with Crippen LogP contribution in [0, 0.1) is 0 Å². The van der Waals surface area contributed by atoms with Crippen LogP contribution in [0.25, 0.3) is 6.08 Å². The summed E-state index contributed by atoms with van der Waals surface area (Å²) in [5, 5.41) is 0.197. The molecule has 1 aromatic carbocycles. The second-order valence-corrected chi connectivity index (χ2v) is 7.28. The van der Waals surface area contributed by atoms with Gasteiger partial charge in [0.25, 0.3) is 0 Å². The highest BCUT2D eigenvalue weighted by Crippen LogP contribution is 2.30. The number of benzene rings is 1. The SMILES string of the molecule is CC(C)(S)C(C)(C)O[B]c1ccc(/C=C(\N)Cl)c(N)c1. The zero-order valence-corrected chi connectivity index (χ0v) is 13.9. The van der Waals surface area contributed by atoms with Gasteiger partial charge >= 0.3 is 7.48 Å². The van der Waals surface area contributed by atoms with Gasteiger partial charge in [0, 0.05) is 16.0 Å². The molecule has 4 N–H and O–H groups in total. The Balaban J connectivity index is 2.81. The second-order valence-electron chi connectivity index (χ2n) is 5.72. The fourth-order valence-corrected chi connectivity index (χ4v) is 1.48. The van der Waals surface area contributed by atoms with Crippen LogP contribution in [0.4, 0.5) is 5.69 Å². The highest BCUT2D eigenvalue weighted by atomic mass is 35.5. The lowest BCUT2D eigenvalue weighted by molar-refractivity contribution is 0.0855. The van der Waals surface area contributed by atoms with E-state index in [9.17, 15) is 0 Å². The van der Waals surface area contributed by atoms with E-state index in [2.05, 4.69) is 12.6 Å². The van der Waals surface area contributed by atoms with Crippen molar-refractivity contribution < 1.29 is 4.65 Å². The van der Waals surface area contributed by atoms with Crippen molar-refractivity contribution in [3.8, 4) is 0 Å². The van der Waals surface area contributed by atoms with Crippen molar-refractivity contribution >= 4 is 48.9 Å². The molecule has 0 spiro atoms. The first-order valence-electron chi connectivity index (χ1n) is 6.28. The van der Waals surface area contributed by atoms with E-state index in [0.717, 1.165) is 11.0 Å². The van der Waals surface area contributed by atoms with Crippen LogP contribution < -0.4 is 16.9 Å². The molecular weight excluding hydrogens is 290 g/mol. The van der Waals surface area contributed by atoms with Crippen molar-refractivity contribution in [3.05, 3.63) is 28.9 Å². The van der Waals surface area contributed by atoms with Gasteiger partial charge in [-0.15, -0.1) is 0 Å². The van der Waals surface area contributed by atoms with Gasteiger partial charge in [-0.3, -0.25) is 0 Å². The molecular formula is C14H21BClN2OS. The van der Waals surface area contributed by atoms with E-state index in [4.69, 9.17) is 27.7 Å². The summed E-state index contributed by atoms with van der Waals surface area (Å²) in [7, 11) is 1.69. The molecule has 0 bridgehead atoms. The van der Waals surface area contributed by atoms with Crippen molar-refractivity contribution in [3.63, 3.8) is 0 Å². The number of thiol groups is 1. The molecule has 0 fully saturated rings. The molecule has 0 saturated carbocycles. The fraction of sp³-hybridized carbons (Fsp3) is 0.429. The summed E-state index contributed by atoms with van der Waals surface area (Å²) in [6.07, 6.45) is 1.61. The molecule has 1 aromatic rings. The number of nitrogens with two attached hydrogens (primary N) is 2. The molecule has 0 atom stereocenters. The van der Waals surface area contributed by atoms with E-state index in [1.54, 1.807) is 13.6 Å². The summed E-state index contributed by atoms with van der Waals surface area (Å²) in [4.78, 5) is 0. The van der Waals surface area contributed by atoms with Crippen LogP contribution in [0.5, 0.6) is 0 Å². The molecule has 3 nitrogen and oxygen atoms in total. The maximum atomic E-state index is 5.95. The summed E-state index contributed by atoms with van der Waals surface area (Å²) < 4.78 is 5.56. The molecule has 0 aliphatic carbocycles. The Morgan fingerprint density at radius 1 is 1.35 bits per heavy atom. The summed E-state index contributed by atoms with van der Waals surface area (Å²) in [5.74, 6) is 0. The van der Waals surface area contributed by atoms with Crippen LogP contribution in [-0.4, -0.2) is 17.8 Å². The van der Waals surface area contributed by atoms with Crippen LogP contribution in [0.15, 0.2) is 23.4 Å². The monoisotopic (exact) mass is 311 g/mol. The molecule has 0 aromatic heterocycles. The molecule has 1 rings (SSSR count). The molecule has 0 heterocycles. The highest BCUT2D eigenvalue weighted by Gasteiger charge is 2.34. The third-order valence-corrected chi connectivity index (χ3v) is 4.01. The Kier molecular flexibility index (Phi) is 5.47. The maximum absolute atomic E-state index is 5.95. The molecule has 20 heavy (non-hydrogen) atoms. The Morgan fingerprint density at radius 3 is 2.40 bits per heavy atom. The van der Waals surface area contributed by atoms with Gasteiger partial charge in [-0.1, -0.05) is 29.2 Å². The lowest BCUT2D eigenvalue weighted by Crippen LogP contribution is -2.45. The lowest BCUT2D eigenvalue weighted by Gasteiger charge is -2.38. The quantitative estimate of drug-likeness (QED) is 0.339. The summed E-state index contributed by atoms with van der Waals surface area (Å²) >= 11 is 10.2. The highest BCUT2D eigenvalue weighted by molar-refractivity contribution is 7.81. The van der Waals surface area contributed by atoms with Gasteiger partial charge in [-0.05, 0) is 39.8 Å². The standard InChI is InChI=1S/C14H21BClN2OS/c1-13(2,14(3,4)20)19-15-10-6-5-9(7-12(16)18)11(17)8-10/h5-8,20H,17-18H2,1-4H3/b12-7-. The van der Waals surface area contributed by atoms with Gasteiger partial charge in [0.05, 0.1) is 10.8 Å².